The van der Waals surface area contributed by atoms with E-state index in [9.17, 15) is 4.79 Å². The van der Waals surface area contributed by atoms with Gasteiger partial charge in [-0.1, -0.05) is 34.3 Å². The van der Waals surface area contributed by atoms with E-state index in [0.29, 0.717) is 25.0 Å². The minimum Gasteiger partial charge on any atom is -0.462 e. The van der Waals surface area contributed by atoms with Gasteiger partial charge >= 0.3 is 5.97 Å². The second-order valence-electron chi connectivity index (χ2n) is 5.15. The van der Waals surface area contributed by atoms with Gasteiger partial charge in [0.1, 0.15) is 13.6 Å². The summed E-state index contributed by atoms with van der Waals surface area (Å²) in [6.07, 6.45) is 0. The molecule has 0 atom stereocenters. The molecule has 112 valence electrons. The molecule has 0 aliphatic heterocycles. The van der Waals surface area contributed by atoms with Gasteiger partial charge in [0, 0.05) is 0 Å². The van der Waals surface area contributed by atoms with Crippen LogP contribution >= 0.6 is 0 Å². The van der Waals surface area contributed by atoms with Gasteiger partial charge in [-0.15, -0.1) is 0 Å². The maximum Gasteiger partial charge on any atom is 0.335 e. The van der Waals surface area contributed by atoms with Gasteiger partial charge in [0.15, 0.2) is 0 Å². The van der Waals surface area contributed by atoms with Crippen LogP contribution in [0.4, 0.5) is 0 Å². The highest BCUT2D eigenvalue weighted by atomic mass is 16.7. The first-order chi connectivity index (χ1) is 8.93. The molecular formula is C14H26O5. The summed E-state index contributed by atoms with van der Waals surface area (Å²) in [5, 5.41) is 0. The minimum atomic E-state index is -0.426. The number of rotatable bonds is 11. The lowest BCUT2D eigenvalue weighted by Gasteiger charge is -2.10. The zero-order valence-electron chi connectivity index (χ0n) is 12.4. The molecule has 5 heteroatoms. The Balaban J connectivity index is 3.45. The van der Waals surface area contributed by atoms with Crippen molar-refractivity contribution in [3.05, 3.63) is 12.2 Å². The molecular weight excluding hydrogens is 248 g/mol. The number of ether oxygens (including phenoxy) is 4. The largest absolute Gasteiger partial charge is 0.462 e. The fourth-order valence-electron chi connectivity index (χ4n) is 1.00. The van der Waals surface area contributed by atoms with Gasteiger partial charge in [0.2, 0.25) is 0 Å². The van der Waals surface area contributed by atoms with Gasteiger partial charge in [-0.05, 0) is 11.8 Å². The topological polar surface area (TPSA) is 54.0 Å². The van der Waals surface area contributed by atoms with Crippen LogP contribution in [-0.4, -0.2) is 39.4 Å². The molecule has 0 N–H and O–H groups in total. The highest BCUT2D eigenvalue weighted by Crippen LogP contribution is 2.00. The molecule has 0 saturated carbocycles. The third-order valence-corrected chi connectivity index (χ3v) is 1.90. The Labute approximate surface area is 115 Å². The predicted octanol–water partition coefficient (Wildman–Crippen LogP) is 2.36. The fourth-order valence-corrected chi connectivity index (χ4v) is 1.00. The summed E-state index contributed by atoms with van der Waals surface area (Å²) in [5.74, 6) is 0.351. The number of hydrogen-bond acceptors (Lipinski definition) is 5. The molecule has 0 amide bonds. The normalized spacial score (nSPS) is 11.1. The highest BCUT2D eigenvalue weighted by Gasteiger charge is 2.09. The van der Waals surface area contributed by atoms with Crippen molar-refractivity contribution in [1.82, 2.24) is 0 Å². The van der Waals surface area contributed by atoms with E-state index in [2.05, 4.69) is 20.4 Å². The van der Waals surface area contributed by atoms with E-state index < -0.39 is 5.97 Å². The Kier molecular flexibility index (Phi) is 10.4. The van der Waals surface area contributed by atoms with Gasteiger partial charge < -0.3 is 18.9 Å². The summed E-state index contributed by atoms with van der Waals surface area (Å²) in [6, 6.07) is 0. The smallest absolute Gasteiger partial charge is 0.335 e. The standard InChI is InChI=1S/C14H26O5/c1-11(2)6-16-9-18-10-17-8-13(5)14(15)19-7-12(3)4/h11-12H,5-10H2,1-4H3. The Bertz CT molecular complexity index is 261. The van der Waals surface area contributed by atoms with Gasteiger partial charge in [-0.3, -0.25) is 0 Å². The zero-order chi connectivity index (χ0) is 14.7. The van der Waals surface area contributed by atoms with Gasteiger partial charge in [-0.2, -0.15) is 0 Å². The average Bonchev–Trinajstić information content (AvgIpc) is 2.33. The van der Waals surface area contributed by atoms with Gasteiger partial charge in [0.05, 0.1) is 25.4 Å². The third-order valence-electron chi connectivity index (χ3n) is 1.90. The number of carbonyl (C=O) groups is 1. The van der Waals surface area contributed by atoms with Crippen LogP contribution < -0.4 is 0 Å². The average molecular weight is 274 g/mol. The van der Waals surface area contributed by atoms with Crippen LogP contribution in [-0.2, 0) is 23.7 Å². The van der Waals surface area contributed by atoms with E-state index in [1.165, 1.54) is 0 Å². The predicted molar refractivity (Wildman–Crippen MR) is 72.5 cm³/mol. The summed E-state index contributed by atoms with van der Waals surface area (Å²) < 4.78 is 20.4. The Morgan fingerprint density at radius 3 is 2.11 bits per heavy atom. The van der Waals surface area contributed by atoms with Crippen molar-refractivity contribution < 1.29 is 23.7 Å². The second kappa shape index (κ2) is 11.0. The van der Waals surface area contributed by atoms with Crippen LogP contribution in [0, 0.1) is 11.8 Å². The Morgan fingerprint density at radius 2 is 1.53 bits per heavy atom. The molecule has 0 aromatic heterocycles. The highest BCUT2D eigenvalue weighted by molar-refractivity contribution is 5.87. The summed E-state index contributed by atoms with van der Waals surface area (Å²) in [6.45, 7) is 13.0. The van der Waals surface area contributed by atoms with Crippen LogP contribution in [0.1, 0.15) is 27.7 Å². The summed E-state index contributed by atoms with van der Waals surface area (Å²) in [7, 11) is 0. The first kappa shape index (κ1) is 18.1. The molecule has 0 radical (unpaired) electrons. The number of hydrogen-bond donors (Lipinski definition) is 0. The van der Waals surface area contributed by atoms with Crippen molar-refractivity contribution in [1.29, 1.82) is 0 Å². The molecule has 0 unspecified atom stereocenters. The van der Waals surface area contributed by atoms with Crippen LogP contribution in [0.25, 0.3) is 0 Å². The van der Waals surface area contributed by atoms with Crippen molar-refractivity contribution in [2.75, 3.05) is 33.4 Å². The van der Waals surface area contributed by atoms with Crippen molar-refractivity contribution in [2.24, 2.45) is 11.8 Å². The first-order valence-corrected chi connectivity index (χ1v) is 6.51. The molecule has 0 aliphatic rings. The SMILES string of the molecule is C=C(COCOCOCC(C)C)C(=O)OCC(C)C. The van der Waals surface area contributed by atoms with Crippen LogP contribution in [0.15, 0.2) is 12.2 Å². The summed E-state index contributed by atoms with van der Waals surface area (Å²) in [4.78, 5) is 11.4. The lowest BCUT2D eigenvalue weighted by atomic mass is 10.2. The fraction of sp³-hybridized carbons (Fsp3) is 0.786. The molecule has 0 rings (SSSR count). The van der Waals surface area contributed by atoms with E-state index in [1.807, 2.05) is 13.8 Å². The molecule has 0 bridgehead atoms. The Hall–Kier alpha value is -0.910. The molecule has 0 spiro atoms. The van der Waals surface area contributed by atoms with Crippen LogP contribution in [0.5, 0.6) is 0 Å². The van der Waals surface area contributed by atoms with Crippen LogP contribution in [0.3, 0.4) is 0 Å². The van der Waals surface area contributed by atoms with Crippen LogP contribution in [0.2, 0.25) is 0 Å². The maximum atomic E-state index is 11.4. The molecule has 0 fully saturated rings. The van der Waals surface area contributed by atoms with Crippen molar-refractivity contribution in [3.8, 4) is 0 Å². The molecule has 0 aromatic rings. The second-order valence-corrected chi connectivity index (χ2v) is 5.15. The van der Waals surface area contributed by atoms with E-state index >= 15 is 0 Å². The lowest BCUT2D eigenvalue weighted by Crippen LogP contribution is -2.16. The van der Waals surface area contributed by atoms with E-state index in [0.717, 1.165) is 0 Å². The van der Waals surface area contributed by atoms with Crippen molar-refractivity contribution in [2.45, 2.75) is 27.7 Å². The quantitative estimate of drug-likeness (QED) is 0.250. The Morgan fingerprint density at radius 1 is 0.947 bits per heavy atom. The van der Waals surface area contributed by atoms with E-state index in [4.69, 9.17) is 18.9 Å². The van der Waals surface area contributed by atoms with Gasteiger partial charge in [-0.25, -0.2) is 4.79 Å². The summed E-state index contributed by atoms with van der Waals surface area (Å²) in [5.41, 5.74) is 0.285. The van der Waals surface area contributed by atoms with Crippen molar-refractivity contribution >= 4 is 5.97 Å². The third kappa shape index (κ3) is 11.9. The van der Waals surface area contributed by atoms with Crippen molar-refractivity contribution in [3.63, 3.8) is 0 Å². The van der Waals surface area contributed by atoms with E-state index in [-0.39, 0.29) is 25.8 Å². The molecule has 0 aromatic carbocycles. The molecule has 19 heavy (non-hydrogen) atoms. The minimum absolute atomic E-state index is 0.0641. The number of carbonyl (C=O) groups excluding carboxylic acids is 1. The molecule has 5 nitrogen and oxygen atoms in total. The molecule has 0 aliphatic carbocycles. The molecule has 0 saturated heterocycles. The first-order valence-electron chi connectivity index (χ1n) is 6.51. The maximum absolute atomic E-state index is 11.4. The monoisotopic (exact) mass is 274 g/mol. The summed E-state index contributed by atoms with van der Waals surface area (Å²) >= 11 is 0. The lowest BCUT2D eigenvalue weighted by molar-refractivity contribution is -0.144. The molecule has 0 heterocycles. The number of esters is 1. The van der Waals surface area contributed by atoms with E-state index in [1.54, 1.807) is 0 Å². The zero-order valence-corrected chi connectivity index (χ0v) is 12.4. The van der Waals surface area contributed by atoms with Gasteiger partial charge in [0.25, 0.3) is 0 Å².